The molecule has 0 bridgehead atoms. The molecule has 2 rings (SSSR count). The molecule has 0 saturated carbocycles. The summed E-state index contributed by atoms with van der Waals surface area (Å²) in [7, 11) is 1.74. The number of rotatable bonds is 5. The molecule has 1 atom stereocenters. The van der Waals surface area contributed by atoms with Crippen LogP contribution in [0.1, 0.15) is 32.9 Å². The van der Waals surface area contributed by atoms with Gasteiger partial charge in [0.15, 0.2) is 0 Å². The van der Waals surface area contributed by atoms with Crippen LogP contribution in [-0.4, -0.2) is 47.5 Å². The zero-order valence-electron chi connectivity index (χ0n) is 12.3. The monoisotopic (exact) mass is 268 g/mol. The lowest BCUT2D eigenvalue weighted by Crippen LogP contribution is -2.42. The highest BCUT2D eigenvalue weighted by molar-refractivity contribution is 4.95. The molecule has 0 aliphatic carbocycles. The number of methoxy groups -OCH3 is 1. The lowest BCUT2D eigenvalue weighted by molar-refractivity contribution is -0.0159. The molecule has 2 heterocycles. The smallest absolute Gasteiger partial charge is 0.106 e. The van der Waals surface area contributed by atoms with Gasteiger partial charge in [0, 0.05) is 33.2 Å². The Bertz CT molecular complexity index is 405. The second kappa shape index (κ2) is 5.56. The largest absolute Gasteiger partial charge is 0.378 e. The maximum Gasteiger partial charge on any atom is 0.106 e. The molecule has 0 radical (unpaired) electrons. The Morgan fingerprint density at radius 3 is 2.84 bits per heavy atom. The minimum atomic E-state index is -0.181. The van der Waals surface area contributed by atoms with Gasteiger partial charge in [-0.15, -0.1) is 5.10 Å². The maximum absolute atomic E-state index is 5.57. The van der Waals surface area contributed by atoms with E-state index in [4.69, 9.17) is 9.47 Å². The van der Waals surface area contributed by atoms with Crippen LogP contribution in [0.3, 0.4) is 0 Å². The van der Waals surface area contributed by atoms with Crippen LogP contribution in [0.4, 0.5) is 0 Å². The first kappa shape index (κ1) is 14.4. The molecule has 1 aromatic heterocycles. The van der Waals surface area contributed by atoms with Gasteiger partial charge in [-0.3, -0.25) is 0 Å². The zero-order chi connectivity index (χ0) is 13.9. The quantitative estimate of drug-likeness (QED) is 0.860. The van der Waals surface area contributed by atoms with Crippen molar-refractivity contribution >= 4 is 0 Å². The van der Waals surface area contributed by atoms with E-state index < -0.39 is 0 Å². The third kappa shape index (κ3) is 3.52. The second-order valence-corrected chi connectivity index (χ2v) is 6.12. The van der Waals surface area contributed by atoms with Gasteiger partial charge >= 0.3 is 0 Å². The molecule has 108 valence electrons. The van der Waals surface area contributed by atoms with Gasteiger partial charge < -0.3 is 14.8 Å². The van der Waals surface area contributed by atoms with Gasteiger partial charge in [0.1, 0.15) is 5.60 Å². The molecule has 0 amide bonds. The molecule has 1 N–H and O–H groups in total. The fraction of sp³-hybridized carbons (Fsp3) is 0.846. The number of ether oxygens (including phenoxy) is 2. The highest BCUT2D eigenvalue weighted by Gasteiger charge is 2.34. The van der Waals surface area contributed by atoms with Crippen LogP contribution in [-0.2, 0) is 21.6 Å². The van der Waals surface area contributed by atoms with Crippen molar-refractivity contribution in [1.29, 1.82) is 0 Å². The lowest BCUT2D eigenvalue weighted by Gasteiger charge is -2.25. The van der Waals surface area contributed by atoms with Gasteiger partial charge in [-0.1, -0.05) is 5.21 Å². The van der Waals surface area contributed by atoms with E-state index in [2.05, 4.69) is 36.4 Å². The average Bonchev–Trinajstić information content (AvgIpc) is 2.97. The number of nitrogens with zero attached hydrogens (tertiary/aromatic N) is 3. The van der Waals surface area contributed by atoms with Crippen LogP contribution < -0.4 is 5.32 Å². The number of hydrogen-bond acceptors (Lipinski definition) is 5. The van der Waals surface area contributed by atoms with E-state index in [-0.39, 0.29) is 11.1 Å². The zero-order valence-corrected chi connectivity index (χ0v) is 12.3. The number of aromatic nitrogens is 3. The standard InChI is InChI=1S/C13H24N4O2/c1-12(2,3)17-8-11(15-16-17)7-14-9-13(18-4)5-6-19-10-13/h8,14H,5-7,9-10H2,1-4H3. The van der Waals surface area contributed by atoms with E-state index in [1.807, 2.05) is 10.9 Å². The minimum Gasteiger partial charge on any atom is -0.378 e. The van der Waals surface area contributed by atoms with E-state index in [9.17, 15) is 0 Å². The van der Waals surface area contributed by atoms with Crippen molar-refractivity contribution in [2.24, 2.45) is 0 Å². The first-order chi connectivity index (χ1) is 8.95. The van der Waals surface area contributed by atoms with Crippen molar-refractivity contribution in [1.82, 2.24) is 20.3 Å². The molecule has 1 aromatic rings. The summed E-state index contributed by atoms with van der Waals surface area (Å²) in [5.74, 6) is 0. The third-order valence-electron chi connectivity index (χ3n) is 3.48. The number of nitrogens with one attached hydrogen (secondary N) is 1. The van der Waals surface area contributed by atoms with Gasteiger partial charge in [0.25, 0.3) is 0 Å². The Labute approximate surface area is 114 Å². The molecule has 6 nitrogen and oxygen atoms in total. The lowest BCUT2D eigenvalue weighted by atomic mass is 10.0. The van der Waals surface area contributed by atoms with Gasteiger partial charge in [0.05, 0.1) is 24.0 Å². The Morgan fingerprint density at radius 1 is 1.53 bits per heavy atom. The minimum absolute atomic E-state index is 0.0295. The molecule has 19 heavy (non-hydrogen) atoms. The number of hydrogen-bond donors (Lipinski definition) is 1. The summed E-state index contributed by atoms with van der Waals surface area (Å²) in [6.45, 7) is 9.21. The van der Waals surface area contributed by atoms with Gasteiger partial charge in [-0.25, -0.2) is 4.68 Å². The van der Waals surface area contributed by atoms with Crippen molar-refractivity contribution < 1.29 is 9.47 Å². The van der Waals surface area contributed by atoms with Crippen LogP contribution in [0.15, 0.2) is 6.20 Å². The van der Waals surface area contributed by atoms with E-state index in [0.717, 1.165) is 25.3 Å². The first-order valence-corrected chi connectivity index (χ1v) is 6.71. The topological polar surface area (TPSA) is 61.2 Å². The Kier molecular flexibility index (Phi) is 4.23. The van der Waals surface area contributed by atoms with Crippen LogP contribution in [0.25, 0.3) is 0 Å². The Balaban J connectivity index is 1.84. The molecule has 0 spiro atoms. The SMILES string of the molecule is COC1(CNCc2cn(C(C)(C)C)nn2)CCOC1. The van der Waals surface area contributed by atoms with Gasteiger partial charge in [0.2, 0.25) is 0 Å². The van der Waals surface area contributed by atoms with Crippen LogP contribution >= 0.6 is 0 Å². The molecule has 1 unspecified atom stereocenters. The summed E-state index contributed by atoms with van der Waals surface area (Å²) in [6.07, 6.45) is 2.92. The molecule has 1 aliphatic rings. The summed E-state index contributed by atoms with van der Waals surface area (Å²) in [5.41, 5.74) is 0.735. The van der Waals surface area contributed by atoms with E-state index in [1.165, 1.54) is 0 Å². The average molecular weight is 268 g/mol. The van der Waals surface area contributed by atoms with Gasteiger partial charge in [-0.2, -0.15) is 0 Å². The fourth-order valence-corrected chi connectivity index (χ4v) is 2.09. The van der Waals surface area contributed by atoms with Crippen molar-refractivity contribution in [2.75, 3.05) is 26.9 Å². The van der Waals surface area contributed by atoms with Crippen molar-refractivity contribution in [3.05, 3.63) is 11.9 Å². The highest BCUT2D eigenvalue weighted by Crippen LogP contribution is 2.21. The molecular weight excluding hydrogens is 244 g/mol. The molecular formula is C13H24N4O2. The molecule has 0 aromatic carbocycles. The normalized spacial score (nSPS) is 24.0. The van der Waals surface area contributed by atoms with Gasteiger partial charge in [-0.05, 0) is 20.8 Å². The second-order valence-electron chi connectivity index (χ2n) is 6.12. The summed E-state index contributed by atoms with van der Waals surface area (Å²) in [4.78, 5) is 0. The summed E-state index contributed by atoms with van der Waals surface area (Å²) in [6, 6.07) is 0. The summed E-state index contributed by atoms with van der Waals surface area (Å²) >= 11 is 0. The fourth-order valence-electron chi connectivity index (χ4n) is 2.09. The molecule has 1 saturated heterocycles. The molecule has 6 heteroatoms. The van der Waals surface area contributed by atoms with E-state index in [1.54, 1.807) is 7.11 Å². The maximum atomic E-state index is 5.57. The van der Waals surface area contributed by atoms with Crippen LogP contribution in [0, 0.1) is 0 Å². The van der Waals surface area contributed by atoms with Crippen LogP contribution in [0.5, 0.6) is 0 Å². The Morgan fingerprint density at radius 2 is 2.32 bits per heavy atom. The Hall–Kier alpha value is -0.980. The molecule has 1 fully saturated rings. The van der Waals surface area contributed by atoms with Crippen molar-refractivity contribution in [3.63, 3.8) is 0 Å². The predicted octanol–water partition coefficient (Wildman–Crippen LogP) is 0.928. The molecule has 1 aliphatic heterocycles. The predicted molar refractivity (Wildman–Crippen MR) is 71.9 cm³/mol. The van der Waals surface area contributed by atoms with Crippen molar-refractivity contribution in [2.45, 2.75) is 44.9 Å². The van der Waals surface area contributed by atoms with Crippen molar-refractivity contribution in [3.8, 4) is 0 Å². The third-order valence-corrected chi connectivity index (χ3v) is 3.48. The first-order valence-electron chi connectivity index (χ1n) is 6.71. The van der Waals surface area contributed by atoms with E-state index >= 15 is 0 Å². The highest BCUT2D eigenvalue weighted by atomic mass is 16.5. The summed E-state index contributed by atoms with van der Waals surface area (Å²) in [5, 5.41) is 11.7. The summed E-state index contributed by atoms with van der Waals surface area (Å²) < 4.78 is 12.9. The van der Waals surface area contributed by atoms with Crippen LogP contribution in [0.2, 0.25) is 0 Å². The van der Waals surface area contributed by atoms with E-state index in [0.29, 0.717) is 13.2 Å².